The van der Waals surface area contributed by atoms with E-state index in [0.29, 0.717) is 33.2 Å². The van der Waals surface area contributed by atoms with Gasteiger partial charge in [0, 0.05) is 22.0 Å². The molecule has 0 fully saturated rings. The lowest BCUT2D eigenvalue weighted by atomic mass is 10.1. The molecule has 134 valence electrons. The number of hydrogen-bond acceptors (Lipinski definition) is 4. The van der Waals surface area contributed by atoms with Crippen LogP contribution in [0.2, 0.25) is 10.0 Å². The fraction of sp³-hybridized carbons (Fsp3) is 0.158. The van der Waals surface area contributed by atoms with Gasteiger partial charge in [-0.1, -0.05) is 35.3 Å². The standard InChI is InChI=1S/C19H16Cl2N2O3/c1-2-26-19(25)16-17(22-10-11-3-5-12(20)6-4-11)14-9-13(21)7-8-15(14)23-18(16)24/h3-9H,2,10H2,1H3,(H2,22,23,24). The lowest BCUT2D eigenvalue weighted by molar-refractivity contribution is 0.0525. The van der Waals surface area contributed by atoms with Crippen LogP contribution in [0.3, 0.4) is 0 Å². The summed E-state index contributed by atoms with van der Waals surface area (Å²) >= 11 is 12.0. The molecule has 1 heterocycles. The number of carbonyl (C=O) groups is 1. The van der Waals surface area contributed by atoms with Crippen molar-refractivity contribution in [3.8, 4) is 0 Å². The lowest BCUT2D eigenvalue weighted by Crippen LogP contribution is -2.23. The van der Waals surface area contributed by atoms with Gasteiger partial charge in [0.1, 0.15) is 5.56 Å². The number of aromatic amines is 1. The van der Waals surface area contributed by atoms with Crippen molar-refractivity contribution in [2.45, 2.75) is 13.5 Å². The van der Waals surface area contributed by atoms with Crippen molar-refractivity contribution in [2.24, 2.45) is 0 Å². The number of benzene rings is 2. The highest BCUT2D eigenvalue weighted by molar-refractivity contribution is 6.31. The van der Waals surface area contributed by atoms with Crippen molar-refractivity contribution >= 4 is 45.8 Å². The second-order valence-corrected chi connectivity index (χ2v) is 6.47. The molecule has 0 aliphatic carbocycles. The summed E-state index contributed by atoms with van der Waals surface area (Å²) in [5.41, 5.74) is 1.32. The van der Waals surface area contributed by atoms with Crippen molar-refractivity contribution in [3.63, 3.8) is 0 Å². The number of carbonyl (C=O) groups excluding carboxylic acids is 1. The van der Waals surface area contributed by atoms with Gasteiger partial charge in [-0.2, -0.15) is 0 Å². The van der Waals surface area contributed by atoms with E-state index in [1.807, 2.05) is 12.1 Å². The molecular weight excluding hydrogens is 375 g/mol. The van der Waals surface area contributed by atoms with Gasteiger partial charge >= 0.3 is 5.97 Å². The van der Waals surface area contributed by atoms with Crippen LogP contribution in [0.1, 0.15) is 22.8 Å². The number of fused-ring (bicyclic) bond motifs is 1. The highest BCUT2D eigenvalue weighted by atomic mass is 35.5. The zero-order valence-electron chi connectivity index (χ0n) is 13.9. The molecule has 0 aliphatic heterocycles. The third kappa shape index (κ3) is 3.84. The minimum atomic E-state index is -0.686. The number of ether oxygens (including phenoxy) is 1. The second-order valence-electron chi connectivity index (χ2n) is 5.59. The first-order chi connectivity index (χ1) is 12.5. The van der Waals surface area contributed by atoms with Crippen LogP contribution in [0.25, 0.3) is 10.9 Å². The monoisotopic (exact) mass is 390 g/mol. The number of esters is 1. The molecule has 0 amide bonds. The van der Waals surface area contributed by atoms with Gasteiger partial charge in [0.15, 0.2) is 0 Å². The summed E-state index contributed by atoms with van der Waals surface area (Å²) in [6, 6.07) is 12.3. The summed E-state index contributed by atoms with van der Waals surface area (Å²) in [7, 11) is 0. The predicted molar refractivity (Wildman–Crippen MR) is 104 cm³/mol. The molecule has 2 N–H and O–H groups in total. The Labute approximate surface area is 159 Å². The number of anilines is 1. The zero-order valence-corrected chi connectivity index (χ0v) is 15.4. The van der Waals surface area contributed by atoms with E-state index >= 15 is 0 Å². The van der Waals surface area contributed by atoms with Gasteiger partial charge in [-0.25, -0.2) is 4.79 Å². The first-order valence-electron chi connectivity index (χ1n) is 8.00. The number of H-pyrrole nitrogens is 1. The van der Waals surface area contributed by atoms with Crippen LogP contribution in [-0.4, -0.2) is 17.6 Å². The Morgan fingerprint density at radius 1 is 1.12 bits per heavy atom. The van der Waals surface area contributed by atoms with Crippen molar-refractivity contribution in [1.82, 2.24) is 4.98 Å². The third-order valence-electron chi connectivity index (χ3n) is 3.84. The van der Waals surface area contributed by atoms with Gasteiger partial charge < -0.3 is 15.0 Å². The molecule has 0 unspecified atom stereocenters. The lowest BCUT2D eigenvalue weighted by Gasteiger charge is -2.14. The van der Waals surface area contributed by atoms with E-state index in [4.69, 9.17) is 27.9 Å². The van der Waals surface area contributed by atoms with E-state index in [-0.39, 0.29) is 12.2 Å². The minimum Gasteiger partial charge on any atom is -0.462 e. The number of pyridine rings is 1. The van der Waals surface area contributed by atoms with Gasteiger partial charge in [0.2, 0.25) is 0 Å². The van der Waals surface area contributed by atoms with E-state index < -0.39 is 11.5 Å². The summed E-state index contributed by atoms with van der Waals surface area (Å²) in [4.78, 5) is 27.5. The average Bonchev–Trinajstić information content (AvgIpc) is 2.61. The fourth-order valence-corrected chi connectivity index (χ4v) is 2.94. The molecule has 7 heteroatoms. The Hall–Kier alpha value is -2.50. The molecule has 0 saturated heterocycles. The van der Waals surface area contributed by atoms with Crippen molar-refractivity contribution in [1.29, 1.82) is 0 Å². The predicted octanol–water partition coefficient (Wildman–Crippen LogP) is 4.62. The molecule has 0 atom stereocenters. The van der Waals surface area contributed by atoms with E-state index in [1.54, 1.807) is 37.3 Å². The maximum absolute atomic E-state index is 12.5. The quantitative estimate of drug-likeness (QED) is 0.623. The third-order valence-corrected chi connectivity index (χ3v) is 4.33. The largest absolute Gasteiger partial charge is 0.462 e. The minimum absolute atomic E-state index is 0.0735. The van der Waals surface area contributed by atoms with Gasteiger partial charge in [-0.15, -0.1) is 0 Å². The van der Waals surface area contributed by atoms with Crippen LogP contribution in [0, 0.1) is 0 Å². The van der Waals surface area contributed by atoms with Crippen LogP contribution >= 0.6 is 23.2 Å². The Morgan fingerprint density at radius 2 is 1.81 bits per heavy atom. The highest BCUT2D eigenvalue weighted by Crippen LogP contribution is 2.28. The molecule has 0 aliphatic rings. The smallest absolute Gasteiger partial charge is 0.345 e. The zero-order chi connectivity index (χ0) is 18.7. The van der Waals surface area contributed by atoms with Crippen LogP contribution in [0.15, 0.2) is 47.3 Å². The summed E-state index contributed by atoms with van der Waals surface area (Å²) in [6.07, 6.45) is 0. The number of rotatable bonds is 5. The molecule has 0 spiro atoms. The Kier molecular flexibility index (Phi) is 5.49. The van der Waals surface area contributed by atoms with E-state index in [1.165, 1.54) is 0 Å². The average molecular weight is 391 g/mol. The van der Waals surface area contributed by atoms with Crippen LogP contribution < -0.4 is 10.9 Å². The number of aromatic nitrogens is 1. The van der Waals surface area contributed by atoms with Gasteiger partial charge in [-0.05, 0) is 42.8 Å². The van der Waals surface area contributed by atoms with Gasteiger partial charge in [-0.3, -0.25) is 4.79 Å². The van der Waals surface area contributed by atoms with Crippen LogP contribution in [-0.2, 0) is 11.3 Å². The Bertz CT molecular complexity index is 1010. The maximum atomic E-state index is 12.5. The maximum Gasteiger partial charge on any atom is 0.345 e. The summed E-state index contributed by atoms with van der Waals surface area (Å²) in [6.45, 7) is 2.25. The number of hydrogen-bond donors (Lipinski definition) is 2. The van der Waals surface area contributed by atoms with Crippen LogP contribution in [0.4, 0.5) is 5.69 Å². The molecule has 0 saturated carbocycles. The van der Waals surface area contributed by atoms with E-state index in [2.05, 4.69) is 10.3 Å². The van der Waals surface area contributed by atoms with Crippen molar-refractivity contribution < 1.29 is 9.53 Å². The van der Waals surface area contributed by atoms with E-state index in [9.17, 15) is 9.59 Å². The van der Waals surface area contributed by atoms with Crippen molar-refractivity contribution in [2.75, 3.05) is 11.9 Å². The Morgan fingerprint density at radius 3 is 2.50 bits per heavy atom. The first-order valence-corrected chi connectivity index (χ1v) is 8.76. The fourth-order valence-electron chi connectivity index (χ4n) is 2.64. The molecule has 3 rings (SSSR count). The summed E-state index contributed by atoms with van der Waals surface area (Å²) in [5, 5.41) is 4.94. The molecule has 0 radical (unpaired) electrons. The molecular formula is C19H16Cl2N2O3. The normalized spacial score (nSPS) is 10.7. The SMILES string of the molecule is CCOC(=O)c1c(NCc2ccc(Cl)cc2)c2cc(Cl)ccc2[nH]c1=O. The molecule has 0 bridgehead atoms. The molecule has 26 heavy (non-hydrogen) atoms. The molecule has 1 aromatic heterocycles. The molecule has 5 nitrogen and oxygen atoms in total. The Balaban J connectivity index is 2.10. The summed E-state index contributed by atoms with van der Waals surface area (Å²) < 4.78 is 5.05. The highest BCUT2D eigenvalue weighted by Gasteiger charge is 2.20. The number of halogens is 2. The van der Waals surface area contributed by atoms with Gasteiger partial charge in [0.05, 0.1) is 17.8 Å². The van der Waals surface area contributed by atoms with Crippen LogP contribution in [0.5, 0.6) is 0 Å². The van der Waals surface area contributed by atoms with Crippen molar-refractivity contribution in [3.05, 3.63) is 74.0 Å². The topological polar surface area (TPSA) is 71.2 Å². The second kappa shape index (κ2) is 7.81. The molecule has 3 aromatic rings. The number of nitrogens with one attached hydrogen (secondary N) is 2. The summed E-state index contributed by atoms with van der Waals surface area (Å²) in [5.74, 6) is -0.686. The van der Waals surface area contributed by atoms with E-state index in [0.717, 1.165) is 5.56 Å². The first kappa shape index (κ1) is 18.3. The molecule has 2 aromatic carbocycles. The van der Waals surface area contributed by atoms with Gasteiger partial charge in [0.25, 0.3) is 5.56 Å².